The molecular formula is C15H21N3O2. The lowest BCUT2D eigenvalue weighted by molar-refractivity contribution is 0.148. The molecule has 1 saturated heterocycles. The number of nitriles is 1. The first-order valence-corrected chi connectivity index (χ1v) is 6.90. The van der Waals surface area contributed by atoms with Gasteiger partial charge in [0.05, 0.1) is 23.8 Å². The minimum Gasteiger partial charge on any atom is -0.506 e. The zero-order valence-corrected chi connectivity index (χ0v) is 12.1. The first-order valence-electron chi connectivity index (χ1n) is 6.90. The molecule has 0 unspecified atom stereocenters. The molecule has 5 nitrogen and oxygen atoms in total. The summed E-state index contributed by atoms with van der Waals surface area (Å²) in [6.07, 6.45) is 3.29. The van der Waals surface area contributed by atoms with Gasteiger partial charge in [-0.2, -0.15) is 5.26 Å². The van der Waals surface area contributed by atoms with Crippen molar-refractivity contribution in [3.8, 4) is 11.8 Å². The molecule has 0 aliphatic carbocycles. The van der Waals surface area contributed by atoms with Crippen LogP contribution in [0.3, 0.4) is 0 Å². The number of rotatable bonds is 3. The average molecular weight is 275 g/mol. The van der Waals surface area contributed by atoms with Crippen molar-refractivity contribution in [1.29, 1.82) is 5.26 Å². The van der Waals surface area contributed by atoms with Crippen LogP contribution in [0.25, 0.3) is 0 Å². The minimum absolute atomic E-state index is 0.125. The molecule has 0 radical (unpaired) electrons. The molecule has 0 spiro atoms. The first kappa shape index (κ1) is 14.8. The highest BCUT2D eigenvalue weighted by Crippen LogP contribution is 2.32. The van der Waals surface area contributed by atoms with E-state index < -0.39 is 0 Å². The van der Waals surface area contributed by atoms with Gasteiger partial charge in [-0.3, -0.25) is 9.88 Å². The number of pyridine rings is 1. The van der Waals surface area contributed by atoms with Crippen molar-refractivity contribution in [2.45, 2.75) is 39.8 Å². The van der Waals surface area contributed by atoms with Gasteiger partial charge in [-0.25, -0.2) is 0 Å². The fraction of sp³-hybridized carbons (Fsp3) is 0.600. The third kappa shape index (κ3) is 2.92. The summed E-state index contributed by atoms with van der Waals surface area (Å²) in [5, 5.41) is 28.6. The number of hydrogen-bond donors (Lipinski definition) is 2. The van der Waals surface area contributed by atoms with Crippen LogP contribution in [-0.4, -0.2) is 33.2 Å². The van der Waals surface area contributed by atoms with Crippen molar-refractivity contribution in [2.24, 2.45) is 5.41 Å². The lowest BCUT2D eigenvalue weighted by atomic mass is 9.82. The first-order chi connectivity index (χ1) is 9.49. The number of nitrogens with zero attached hydrogens (tertiary/aromatic N) is 3. The number of aromatic hydroxyl groups is 1. The molecule has 0 atom stereocenters. The smallest absolute Gasteiger partial charge is 0.141 e. The summed E-state index contributed by atoms with van der Waals surface area (Å²) in [5.74, 6) is 0.171. The van der Waals surface area contributed by atoms with Gasteiger partial charge < -0.3 is 10.2 Å². The van der Waals surface area contributed by atoms with Crippen molar-refractivity contribution >= 4 is 0 Å². The minimum atomic E-state index is -0.230. The van der Waals surface area contributed by atoms with Gasteiger partial charge in [0.25, 0.3) is 0 Å². The Bertz CT molecular complexity index is 529. The number of aliphatic hydroxyl groups excluding tert-OH is 1. The second-order valence-corrected chi connectivity index (χ2v) is 5.80. The molecule has 1 aliphatic heterocycles. The maximum atomic E-state index is 10.1. The van der Waals surface area contributed by atoms with Crippen molar-refractivity contribution < 1.29 is 10.2 Å². The average Bonchev–Trinajstić information content (AvgIpc) is 2.46. The third-order valence-electron chi connectivity index (χ3n) is 4.21. The highest BCUT2D eigenvalue weighted by molar-refractivity contribution is 5.40. The Hall–Kier alpha value is -1.64. The highest BCUT2D eigenvalue weighted by atomic mass is 16.3. The van der Waals surface area contributed by atoms with Gasteiger partial charge in [-0.05, 0) is 39.8 Å². The van der Waals surface area contributed by atoms with E-state index in [4.69, 9.17) is 5.26 Å². The van der Waals surface area contributed by atoms with Crippen LogP contribution in [0.4, 0.5) is 0 Å². The van der Waals surface area contributed by atoms with Gasteiger partial charge in [0.2, 0.25) is 0 Å². The summed E-state index contributed by atoms with van der Waals surface area (Å²) in [4.78, 5) is 6.28. The fourth-order valence-corrected chi connectivity index (χ4v) is 2.54. The Kier molecular flexibility index (Phi) is 4.26. The van der Waals surface area contributed by atoms with E-state index in [-0.39, 0.29) is 17.8 Å². The second kappa shape index (κ2) is 5.78. The van der Waals surface area contributed by atoms with Crippen molar-refractivity contribution in [2.75, 3.05) is 13.1 Å². The van der Waals surface area contributed by atoms with Crippen molar-refractivity contribution in [1.82, 2.24) is 9.88 Å². The van der Waals surface area contributed by atoms with E-state index in [2.05, 4.69) is 16.0 Å². The van der Waals surface area contributed by atoms with Gasteiger partial charge in [0.15, 0.2) is 0 Å². The van der Waals surface area contributed by atoms with Crippen LogP contribution in [0.2, 0.25) is 0 Å². The van der Waals surface area contributed by atoms with Crippen LogP contribution in [0.1, 0.15) is 36.6 Å². The molecule has 2 rings (SSSR count). The molecule has 1 aliphatic rings. The molecule has 2 heterocycles. The molecule has 5 heteroatoms. The Morgan fingerprint density at radius 3 is 2.65 bits per heavy atom. The number of aliphatic hydroxyl groups is 1. The molecular weight excluding hydrogens is 254 g/mol. The van der Waals surface area contributed by atoms with Crippen LogP contribution < -0.4 is 0 Å². The van der Waals surface area contributed by atoms with Gasteiger partial charge in [0, 0.05) is 23.9 Å². The topological polar surface area (TPSA) is 80.4 Å². The molecule has 0 bridgehead atoms. The summed E-state index contributed by atoms with van der Waals surface area (Å²) in [6, 6.07) is 2.38. The lowest BCUT2D eigenvalue weighted by Crippen LogP contribution is -2.37. The lowest BCUT2D eigenvalue weighted by Gasteiger charge is -2.35. The molecule has 1 aromatic heterocycles. The zero-order chi connectivity index (χ0) is 14.8. The standard InChI is InChI=1S/C15H21N3O2/c1-11-14(20)13(12(9-19)7-17-11)8-18-5-3-15(2,10-16)4-6-18/h7,19-20H,3-6,8-9H2,1-2H3. The SMILES string of the molecule is Cc1ncc(CO)c(CN2CCC(C)(C#N)CC2)c1O. The van der Waals surface area contributed by atoms with Crippen LogP contribution in [0, 0.1) is 23.7 Å². The van der Waals surface area contributed by atoms with E-state index in [0.717, 1.165) is 31.5 Å². The Labute approximate surface area is 119 Å². The summed E-state index contributed by atoms with van der Waals surface area (Å²) in [7, 11) is 0. The number of piperidine rings is 1. The van der Waals surface area contributed by atoms with Crippen LogP contribution in [0.15, 0.2) is 6.20 Å². The molecule has 20 heavy (non-hydrogen) atoms. The van der Waals surface area contributed by atoms with E-state index in [9.17, 15) is 10.2 Å². The van der Waals surface area contributed by atoms with Crippen molar-refractivity contribution in [3.63, 3.8) is 0 Å². The van der Waals surface area contributed by atoms with E-state index in [1.165, 1.54) is 0 Å². The molecule has 1 aromatic rings. The largest absolute Gasteiger partial charge is 0.506 e. The third-order valence-corrected chi connectivity index (χ3v) is 4.21. The Balaban J connectivity index is 2.12. The zero-order valence-electron chi connectivity index (χ0n) is 12.1. The van der Waals surface area contributed by atoms with E-state index in [1.807, 2.05) is 6.92 Å². The highest BCUT2D eigenvalue weighted by Gasteiger charge is 2.30. The maximum Gasteiger partial charge on any atom is 0.141 e. The van der Waals surface area contributed by atoms with Gasteiger partial charge in [-0.1, -0.05) is 0 Å². The van der Waals surface area contributed by atoms with Crippen LogP contribution in [-0.2, 0) is 13.2 Å². The summed E-state index contributed by atoms with van der Waals surface area (Å²) in [5.41, 5.74) is 1.77. The van der Waals surface area contributed by atoms with Gasteiger partial charge in [-0.15, -0.1) is 0 Å². The number of hydrogen-bond acceptors (Lipinski definition) is 5. The fourth-order valence-electron chi connectivity index (χ4n) is 2.54. The van der Waals surface area contributed by atoms with Crippen LogP contribution >= 0.6 is 0 Å². The Morgan fingerprint density at radius 1 is 1.45 bits per heavy atom. The molecule has 108 valence electrons. The summed E-state index contributed by atoms with van der Waals surface area (Å²) in [6.45, 7) is 5.87. The molecule has 0 saturated carbocycles. The predicted octanol–water partition coefficient (Wildman–Crippen LogP) is 1.71. The monoisotopic (exact) mass is 275 g/mol. The number of likely N-dealkylation sites (tertiary alicyclic amines) is 1. The predicted molar refractivity (Wildman–Crippen MR) is 74.8 cm³/mol. The normalized spacial score (nSPS) is 18.7. The Morgan fingerprint density at radius 2 is 2.10 bits per heavy atom. The maximum absolute atomic E-state index is 10.1. The van der Waals surface area contributed by atoms with E-state index >= 15 is 0 Å². The molecule has 0 aromatic carbocycles. The quantitative estimate of drug-likeness (QED) is 0.878. The molecule has 0 amide bonds. The van der Waals surface area contributed by atoms with E-state index in [0.29, 0.717) is 17.8 Å². The molecule has 1 fully saturated rings. The second-order valence-electron chi connectivity index (χ2n) is 5.80. The van der Waals surface area contributed by atoms with E-state index in [1.54, 1.807) is 13.1 Å². The van der Waals surface area contributed by atoms with Crippen molar-refractivity contribution in [3.05, 3.63) is 23.0 Å². The van der Waals surface area contributed by atoms with Gasteiger partial charge >= 0.3 is 0 Å². The van der Waals surface area contributed by atoms with Gasteiger partial charge in [0.1, 0.15) is 5.75 Å². The number of aromatic nitrogens is 1. The number of aryl methyl sites for hydroxylation is 1. The summed E-state index contributed by atoms with van der Waals surface area (Å²) >= 11 is 0. The molecule has 2 N–H and O–H groups in total. The van der Waals surface area contributed by atoms with Crippen LogP contribution in [0.5, 0.6) is 5.75 Å². The summed E-state index contributed by atoms with van der Waals surface area (Å²) < 4.78 is 0.